The molecular weight excluding hydrogens is 233 g/mol. The number of aromatic hydroxyl groups is 1. The molecule has 0 saturated carbocycles. The van der Waals surface area contributed by atoms with Gasteiger partial charge in [0, 0.05) is 12.7 Å². The summed E-state index contributed by atoms with van der Waals surface area (Å²) in [5.74, 6) is -0.417. The quantitative estimate of drug-likeness (QED) is 0.868. The number of nitrogens with one attached hydrogen (secondary N) is 1. The molecule has 0 spiro atoms. The zero-order valence-corrected chi connectivity index (χ0v) is 9.39. The largest absolute Gasteiger partial charge is 0.505 e. The Hall–Kier alpha value is -2.61. The molecule has 0 aliphatic heterocycles. The molecule has 1 heterocycles. The Kier molecular flexibility index (Phi) is 3.39. The SMILES string of the molecule is N#Cc1ccc(NCc2ccc(O)c(F)c2)nc1. The number of nitriles is 1. The number of phenolic OH excluding ortho intramolecular Hbond substituents is 1. The maximum Gasteiger partial charge on any atom is 0.165 e. The van der Waals surface area contributed by atoms with Gasteiger partial charge in [0.1, 0.15) is 11.9 Å². The summed E-state index contributed by atoms with van der Waals surface area (Å²) in [5, 5.41) is 20.7. The lowest BCUT2D eigenvalue weighted by Crippen LogP contribution is -2.01. The van der Waals surface area contributed by atoms with Crippen molar-refractivity contribution in [2.24, 2.45) is 0 Å². The number of rotatable bonds is 3. The summed E-state index contributed by atoms with van der Waals surface area (Å²) < 4.78 is 13.1. The number of nitrogens with zero attached hydrogens (tertiary/aromatic N) is 2. The molecular formula is C13H10FN3O. The molecule has 0 radical (unpaired) electrons. The van der Waals surface area contributed by atoms with Crippen molar-refractivity contribution < 1.29 is 9.50 Å². The van der Waals surface area contributed by atoms with Crippen LogP contribution in [0.25, 0.3) is 0 Å². The second-order valence-corrected chi connectivity index (χ2v) is 3.68. The van der Waals surface area contributed by atoms with Crippen molar-refractivity contribution in [3.8, 4) is 11.8 Å². The van der Waals surface area contributed by atoms with E-state index in [1.165, 1.54) is 18.3 Å². The summed E-state index contributed by atoms with van der Waals surface area (Å²) >= 11 is 0. The Morgan fingerprint density at radius 3 is 2.78 bits per heavy atom. The number of benzene rings is 1. The first kappa shape index (κ1) is 11.9. The van der Waals surface area contributed by atoms with Crippen molar-refractivity contribution in [2.45, 2.75) is 6.54 Å². The van der Waals surface area contributed by atoms with E-state index in [4.69, 9.17) is 10.4 Å². The number of hydrogen-bond donors (Lipinski definition) is 2. The van der Waals surface area contributed by atoms with Crippen LogP contribution in [0.2, 0.25) is 0 Å². The number of aromatic nitrogens is 1. The molecule has 0 aliphatic carbocycles. The zero-order chi connectivity index (χ0) is 13.0. The fourth-order valence-corrected chi connectivity index (χ4v) is 1.42. The molecule has 4 nitrogen and oxygen atoms in total. The first-order chi connectivity index (χ1) is 8.69. The van der Waals surface area contributed by atoms with Crippen LogP contribution in [0.3, 0.4) is 0 Å². The molecule has 1 aromatic carbocycles. The Labute approximate surface area is 103 Å². The van der Waals surface area contributed by atoms with Crippen molar-refractivity contribution in [1.82, 2.24) is 4.98 Å². The van der Waals surface area contributed by atoms with Crippen molar-refractivity contribution in [1.29, 1.82) is 5.26 Å². The van der Waals surface area contributed by atoms with E-state index in [1.807, 2.05) is 6.07 Å². The number of phenols is 1. The highest BCUT2D eigenvalue weighted by Gasteiger charge is 2.02. The van der Waals surface area contributed by atoms with E-state index < -0.39 is 5.82 Å². The highest BCUT2D eigenvalue weighted by molar-refractivity contribution is 5.40. The third kappa shape index (κ3) is 2.74. The van der Waals surface area contributed by atoms with Gasteiger partial charge in [0.25, 0.3) is 0 Å². The Morgan fingerprint density at radius 2 is 2.17 bits per heavy atom. The van der Waals surface area contributed by atoms with Crippen molar-refractivity contribution >= 4 is 5.82 Å². The lowest BCUT2D eigenvalue weighted by atomic mass is 10.2. The minimum Gasteiger partial charge on any atom is -0.505 e. The molecule has 2 aromatic rings. The highest BCUT2D eigenvalue weighted by atomic mass is 19.1. The van der Waals surface area contributed by atoms with Gasteiger partial charge < -0.3 is 10.4 Å². The maximum atomic E-state index is 13.1. The molecule has 0 aliphatic rings. The predicted octanol–water partition coefficient (Wildman–Crippen LogP) is 2.41. The van der Waals surface area contributed by atoms with E-state index in [-0.39, 0.29) is 5.75 Å². The van der Waals surface area contributed by atoms with E-state index >= 15 is 0 Å². The summed E-state index contributed by atoms with van der Waals surface area (Å²) in [7, 11) is 0. The van der Waals surface area contributed by atoms with Crippen LogP contribution in [0.4, 0.5) is 10.2 Å². The smallest absolute Gasteiger partial charge is 0.165 e. The Balaban J connectivity index is 2.02. The monoisotopic (exact) mass is 243 g/mol. The normalized spacial score (nSPS) is 9.78. The molecule has 0 saturated heterocycles. The van der Waals surface area contributed by atoms with E-state index in [9.17, 15) is 4.39 Å². The van der Waals surface area contributed by atoms with Crippen molar-refractivity contribution in [2.75, 3.05) is 5.32 Å². The van der Waals surface area contributed by atoms with Crippen molar-refractivity contribution in [3.63, 3.8) is 0 Å². The molecule has 0 unspecified atom stereocenters. The number of hydrogen-bond acceptors (Lipinski definition) is 4. The van der Waals surface area contributed by atoms with Crippen LogP contribution in [0.15, 0.2) is 36.5 Å². The Bertz CT molecular complexity index is 590. The maximum absolute atomic E-state index is 13.1. The van der Waals surface area contributed by atoms with Gasteiger partial charge in [0.2, 0.25) is 0 Å². The van der Waals surface area contributed by atoms with Gasteiger partial charge in [-0.15, -0.1) is 0 Å². The van der Waals surface area contributed by atoms with Crippen LogP contribution in [0, 0.1) is 17.1 Å². The summed E-state index contributed by atoms with van der Waals surface area (Å²) in [5.41, 5.74) is 1.17. The predicted molar refractivity (Wildman–Crippen MR) is 64.3 cm³/mol. The van der Waals surface area contributed by atoms with Gasteiger partial charge in [-0.3, -0.25) is 0 Å². The molecule has 90 valence electrons. The van der Waals surface area contributed by atoms with Gasteiger partial charge >= 0.3 is 0 Å². The molecule has 2 N–H and O–H groups in total. The fraction of sp³-hybridized carbons (Fsp3) is 0.0769. The van der Waals surface area contributed by atoms with Crippen LogP contribution >= 0.6 is 0 Å². The average Bonchev–Trinajstić information content (AvgIpc) is 2.41. The third-order valence-electron chi connectivity index (χ3n) is 2.38. The van der Waals surface area contributed by atoms with Crippen LogP contribution < -0.4 is 5.32 Å². The Morgan fingerprint density at radius 1 is 1.33 bits per heavy atom. The van der Waals surface area contributed by atoms with Crippen LogP contribution in [0.5, 0.6) is 5.75 Å². The van der Waals surface area contributed by atoms with E-state index in [0.29, 0.717) is 23.5 Å². The van der Waals surface area contributed by atoms with Crippen LogP contribution in [-0.4, -0.2) is 10.1 Å². The van der Waals surface area contributed by atoms with Crippen LogP contribution in [-0.2, 0) is 6.54 Å². The van der Waals surface area contributed by atoms with Gasteiger partial charge in [-0.1, -0.05) is 6.07 Å². The second kappa shape index (κ2) is 5.15. The summed E-state index contributed by atoms with van der Waals surface area (Å²) in [4.78, 5) is 4.03. The molecule has 2 rings (SSSR count). The van der Waals surface area contributed by atoms with Gasteiger partial charge in [-0.2, -0.15) is 5.26 Å². The van der Waals surface area contributed by atoms with Gasteiger partial charge in [0.15, 0.2) is 11.6 Å². The fourth-order valence-electron chi connectivity index (χ4n) is 1.42. The van der Waals surface area contributed by atoms with Crippen molar-refractivity contribution in [3.05, 3.63) is 53.5 Å². The average molecular weight is 243 g/mol. The summed E-state index contributed by atoms with van der Waals surface area (Å²) in [6, 6.07) is 9.48. The summed E-state index contributed by atoms with van der Waals surface area (Å²) in [6.07, 6.45) is 1.46. The number of anilines is 1. The lowest BCUT2D eigenvalue weighted by molar-refractivity contribution is 0.432. The highest BCUT2D eigenvalue weighted by Crippen LogP contribution is 2.16. The van der Waals surface area contributed by atoms with Gasteiger partial charge in [-0.05, 0) is 29.8 Å². The molecule has 1 aromatic heterocycles. The minimum absolute atomic E-state index is 0.366. The number of pyridine rings is 1. The standard InChI is InChI=1S/C13H10FN3O/c14-11-5-9(1-3-12(11)18)7-16-13-4-2-10(6-15)8-17-13/h1-5,8,18H,7H2,(H,16,17). The molecule has 18 heavy (non-hydrogen) atoms. The van der Waals surface area contributed by atoms with Gasteiger partial charge in [0.05, 0.1) is 5.56 Å². The molecule has 5 heteroatoms. The molecule has 0 bridgehead atoms. The van der Waals surface area contributed by atoms with Gasteiger partial charge in [-0.25, -0.2) is 9.37 Å². The molecule has 0 amide bonds. The van der Waals surface area contributed by atoms with Crippen LogP contribution in [0.1, 0.15) is 11.1 Å². The molecule has 0 fully saturated rings. The summed E-state index contributed by atoms with van der Waals surface area (Å²) in [6.45, 7) is 0.385. The van der Waals surface area contributed by atoms with E-state index in [1.54, 1.807) is 18.2 Å². The number of halogens is 1. The molecule has 0 atom stereocenters. The second-order valence-electron chi connectivity index (χ2n) is 3.68. The topological polar surface area (TPSA) is 68.9 Å². The van der Waals surface area contributed by atoms with E-state index in [2.05, 4.69) is 10.3 Å². The minimum atomic E-state index is -0.651. The first-order valence-corrected chi connectivity index (χ1v) is 5.26. The zero-order valence-electron chi connectivity index (χ0n) is 9.39. The lowest BCUT2D eigenvalue weighted by Gasteiger charge is -2.06. The van der Waals surface area contributed by atoms with E-state index in [0.717, 1.165) is 0 Å². The third-order valence-corrected chi connectivity index (χ3v) is 2.38. The first-order valence-electron chi connectivity index (χ1n) is 5.26.